The fourth-order valence-corrected chi connectivity index (χ4v) is 3.13. The van der Waals surface area contributed by atoms with Crippen molar-refractivity contribution in [1.29, 1.82) is 0 Å². The fraction of sp³-hybridized carbons (Fsp3) is 0.200. The normalized spacial score (nSPS) is 11.5. The fourth-order valence-electron chi connectivity index (χ4n) is 3.13. The first kappa shape index (κ1) is 22.1. The summed E-state index contributed by atoms with van der Waals surface area (Å²) in [6.45, 7) is 2.99. The summed E-state index contributed by atoms with van der Waals surface area (Å²) in [5, 5.41) is 14.4. The number of benzene rings is 3. The lowest BCUT2D eigenvalue weighted by molar-refractivity contribution is -0.111. The van der Waals surface area contributed by atoms with Gasteiger partial charge in [-0.05, 0) is 67.2 Å². The number of aromatic carboxylic acids is 1. The second-order valence-electron chi connectivity index (χ2n) is 7.54. The number of hydrogen-bond donors (Lipinski definition) is 2. The minimum absolute atomic E-state index is 0.0209. The average molecular weight is 418 g/mol. The summed E-state index contributed by atoms with van der Waals surface area (Å²) in [6.07, 6.45) is 1.47. The van der Waals surface area contributed by atoms with Crippen molar-refractivity contribution in [3.8, 4) is 5.75 Å². The number of carboxylic acids is 1. The standard InChI is InChI=1S/C25H26N2O4/c1-17(19-9-8-18-6-4-5-7-20(18)15-19)14-24(28)26-23-11-10-21(16-22(23)25(29)30)31-13-12-27(2)3/h4-11,14-16H,12-13H2,1-3H3,(H,26,28)(H,29,30). The first-order chi connectivity index (χ1) is 14.8. The van der Waals surface area contributed by atoms with E-state index in [0.717, 1.165) is 21.9 Å². The van der Waals surface area contributed by atoms with Gasteiger partial charge in [-0.15, -0.1) is 0 Å². The Balaban J connectivity index is 1.75. The van der Waals surface area contributed by atoms with Crippen molar-refractivity contribution < 1.29 is 19.4 Å². The number of carboxylic acid groups (broad SMARTS) is 1. The Kier molecular flexibility index (Phi) is 7.05. The number of likely N-dealkylation sites (N-methyl/N-ethyl adjacent to an activating group) is 1. The van der Waals surface area contributed by atoms with E-state index in [2.05, 4.69) is 5.32 Å². The van der Waals surface area contributed by atoms with E-state index in [0.29, 0.717) is 18.9 Å². The summed E-state index contributed by atoms with van der Waals surface area (Å²) in [5.41, 5.74) is 1.91. The average Bonchev–Trinajstić information content (AvgIpc) is 2.73. The summed E-state index contributed by atoms with van der Waals surface area (Å²) in [6, 6.07) is 18.6. The van der Waals surface area contributed by atoms with Crippen LogP contribution in [0.5, 0.6) is 5.75 Å². The van der Waals surface area contributed by atoms with Gasteiger partial charge in [-0.2, -0.15) is 0 Å². The van der Waals surface area contributed by atoms with Gasteiger partial charge >= 0.3 is 5.97 Å². The second-order valence-corrected chi connectivity index (χ2v) is 7.54. The molecule has 0 fully saturated rings. The van der Waals surface area contributed by atoms with Gasteiger partial charge in [0.15, 0.2) is 0 Å². The number of carbonyl (C=O) groups is 2. The first-order valence-corrected chi connectivity index (χ1v) is 9.97. The molecule has 6 nitrogen and oxygen atoms in total. The smallest absolute Gasteiger partial charge is 0.337 e. The van der Waals surface area contributed by atoms with Crippen molar-refractivity contribution >= 4 is 33.9 Å². The molecule has 3 aromatic rings. The van der Waals surface area contributed by atoms with E-state index in [1.165, 1.54) is 12.1 Å². The maximum absolute atomic E-state index is 12.5. The van der Waals surface area contributed by atoms with Gasteiger partial charge in [0.2, 0.25) is 5.91 Å². The van der Waals surface area contributed by atoms with Gasteiger partial charge in [0, 0.05) is 12.6 Å². The number of nitrogens with one attached hydrogen (secondary N) is 1. The Bertz CT molecular complexity index is 1140. The van der Waals surface area contributed by atoms with E-state index in [4.69, 9.17) is 4.74 Å². The minimum Gasteiger partial charge on any atom is -0.492 e. The van der Waals surface area contributed by atoms with Crippen molar-refractivity contribution in [1.82, 2.24) is 4.90 Å². The van der Waals surface area contributed by atoms with E-state index in [1.54, 1.807) is 12.1 Å². The molecule has 160 valence electrons. The van der Waals surface area contributed by atoms with E-state index >= 15 is 0 Å². The number of fused-ring (bicyclic) bond motifs is 1. The zero-order valence-corrected chi connectivity index (χ0v) is 17.9. The highest BCUT2D eigenvalue weighted by Crippen LogP contribution is 2.24. The largest absolute Gasteiger partial charge is 0.492 e. The SMILES string of the molecule is CC(=CC(=O)Nc1ccc(OCCN(C)C)cc1C(=O)O)c1ccc2ccccc2c1. The van der Waals surface area contributed by atoms with E-state index < -0.39 is 11.9 Å². The monoisotopic (exact) mass is 418 g/mol. The molecule has 3 aromatic carbocycles. The molecule has 3 rings (SSSR count). The van der Waals surface area contributed by atoms with Gasteiger partial charge in [-0.3, -0.25) is 4.79 Å². The van der Waals surface area contributed by atoms with Crippen LogP contribution >= 0.6 is 0 Å². The maximum atomic E-state index is 12.5. The Morgan fingerprint density at radius 3 is 2.48 bits per heavy atom. The number of carbonyl (C=O) groups excluding carboxylic acids is 1. The van der Waals surface area contributed by atoms with Gasteiger partial charge in [0.1, 0.15) is 12.4 Å². The number of ether oxygens (including phenoxy) is 1. The third kappa shape index (κ3) is 5.93. The van der Waals surface area contributed by atoms with Crippen molar-refractivity contribution in [3.05, 3.63) is 77.9 Å². The van der Waals surface area contributed by atoms with Gasteiger partial charge < -0.3 is 20.1 Å². The lowest BCUT2D eigenvalue weighted by Gasteiger charge is -2.13. The van der Waals surface area contributed by atoms with Crippen LogP contribution in [0.3, 0.4) is 0 Å². The Morgan fingerprint density at radius 1 is 1.03 bits per heavy atom. The van der Waals surface area contributed by atoms with E-state index in [-0.39, 0.29) is 11.3 Å². The maximum Gasteiger partial charge on any atom is 0.337 e. The molecule has 0 bridgehead atoms. The molecular weight excluding hydrogens is 392 g/mol. The molecule has 0 heterocycles. The lowest BCUT2D eigenvalue weighted by Crippen LogP contribution is -2.19. The highest BCUT2D eigenvalue weighted by Gasteiger charge is 2.14. The van der Waals surface area contributed by atoms with Gasteiger partial charge in [-0.1, -0.05) is 36.4 Å². The van der Waals surface area contributed by atoms with Crippen LogP contribution in [0.1, 0.15) is 22.8 Å². The van der Waals surface area contributed by atoms with Crippen molar-refractivity contribution in [2.75, 3.05) is 32.6 Å². The van der Waals surface area contributed by atoms with Crippen LogP contribution in [0.15, 0.2) is 66.7 Å². The number of hydrogen-bond acceptors (Lipinski definition) is 4. The molecule has 2 N–H and O–H groups in total. The van der Waals surface area contributed by atoms with Gasteiger partial charge in [0.25, 0.3) is 0 Å². The summed E-state index contributed by atoms with van der Waals surface area (Å²) in [4.78, 5) is 26.2. The Hall–Kier alpha value is -3.64. The van der Waals surface area contributed by atoms with Crippen molar-refractivity contribution in [2.45, 2.75) is 6.92 Å². The van der Waals surface area contributed by atoms with E-state index in [9.17, 15) is 14.7 Å². The highest BCUT2D eigenvalue weighted by molar-refractivity contribution is 6.07. The molecule has 1 amide bonds. The zero-order chi connectivity index (χ0) is 22.4. The highest BCUT2D eigenvalue weighted by atomic mass is 16.5. The van der Waals surface area contributed by atoms with Crippen molar-refractivity contribution in [3.63, 3.8) is 0 Å². The molecule has 0 atom stereocenters. The summed E-state index contributed by atoms with van der Waals surface area (Å²) in [7, 11) is 3.86. The predicted octanol–water partition coefficient (Wildman–Crippen LogP) is 4.52. The Morgan fingerprint density at radius 2 is 1.77 bits per heavy atom. The molecule has 0 spiro atoms. The molecule has 0 aliphatic carbocycles. The number of allylic oxidation sites excluding steroid dienone is 1. The molecular formula is C25H26N2O4. The van der Waals surface area contributed by atoms with Crippen molar-refractivity contribution in [2.24, 2.45) is 0 Å². The van der Waals surface area contributed by atoms with Crippen LogP contribution in [0.25, 0.3) is 16.3 Å². The molecule has 0 aromatic heterocycles. The topological polar surface area (TPSA) is 78.9 Å². The van der Waals surface area contributed by atoms with Crippen LogP contribution < -0.4 is 10.1 Å². The second kappa shape index (κ2) is 9.91. The van der Waals surface area contributed by atoms with E-state index in [1.807, 2.05) is 68.4 Å². The van der Waals surface area contributed by atoms with Crippen LogP contribution in [-0.4, -0.2) is 49.1 Å². The van der Waals surface area contributed by atoms with Crippen LogP contribution in [-0.2, 0) is 4.79 Å². The first-order valence-electron chi connectivity index (χ1n) is 9.97. The third-order valence-electron chi connectivity index (χ3n) is 4.84. The summed E-state index contributed by atoms with van der Waals surface area (Å²) >= 11 is 0. The molecule has 0 aliphatic heterocycles. The molecule has 6 heteroatoms. The van der Waals surface area contributed by atoms with Gasteiger partial charge in [-0.25, -0.2) is 4.79 Å². The Labute approximate surface area is 181 Å². The number of rotatable bonds is 8. The van der Waals surface area contributed by atoms with Crippen LogP contribution in [0.4, 0.5) is 5.69 Å². The number of nitrogens with zero attached hydrogens (tertiary/aromatic N) is 1. The molecule has 31 heavy (non-hydrogen) atoms. The molecule has 0 radical (unpaired) electrons. The van der Waals surface area contributed by atoms with Gasteiger partial charge in [0.05, 0.1) is 11.3 Å². The number of anilines is 1. The van der Waals surface area contributed by atoms with Crippen LogP contribution in [0.2, 0.25) is 0 Å². The third-order valence-corrected chi connectivity index (χ3v) is 4.84. The lowest BCUT2D eigenvalue weighted by atomic mass is 10.0. The van der Waals surface area contributed by atoms with Crippen LogP contribution in [0, 0.1) is 0 Å². The quantitative estimate of drug-likeness (QED) is 0.526. The molecule has 0 aliphatic rings. The predicted molar refractivity (Wildman–Crippen MR) is 124 cm³/mol. The minimum atomic E-state index is -1.14. The zero-order valence-electron chi connectivity index (χ0n) is 17.9. The summed E-state index contributed by atoms with van der Waals surface area (Å²) < 4.78 is 5.60. The molecule has 0 saturated carbocycles. The number of amides is 1. The summed E-state index contributed by atoms with van der Waals surface area (Å²) in [5.74, 6) is -1.09. The molecule has 0 unspecified atom stereocenters. The molecule has 0 saturated heterocycles.